The Morgan fingerprint density at radius 3 is 2.50 bits per heavy atom. The highest BCUT2D eigenvalue weighted by molar-refractivity contribution is 5.89. The summed E-state index contributed by atoms with van der Waals surface area (Å²) in [7, 11) is 0. The third-order valence-corrected chi connectivity index (χ3v) is 4.41. The van der Waals surface area contributed by atoms with Crippen molar-refractivity contribution >= 4 is 23.4 Å². The summed E-state index contributed by atoms with van der Waals surface area (Å²) in [6.45, 7) is 9.37. The molecule has 0 aliphatic carbocycles. The van der Waals surface area contributed by atoms with Crippen LogP contribution in [0.3, 0.4) is 0 Å². The molecule has 1 aromatic heterocycles. The fraction of sp³-hybridized carbons (Fsp3) is 0.421. The Morgan fingerprint density at radius 1 is 1.12 bits per heavy atom. The lowest BCUT2D eigenvalue weighted by Crippen LogP contribution is -2.46. The highest BCUT2D eigenvalue weighted by Gasteiger charge is 2.18. The molecule has 3 rings (SSSR count). The molecule has 1 N–H and O–H groups in total. The zero-order valence-corrected chi connectivity index (χ0v) is 15.3. The number of anilines is 3. The first kappa shape index (κ1) is 18.1. The molecule has 7 heteroatoms. The van der Waals surface area contributed by atoms with Crippen LogP contribution in [0.4, 0.5) is 17.5 Å². The lowest BCUT2D eigenvalue weighted by Gasteiger charge is -2.34. The van der Waals surface area contributed by atoms with Gasteiger partial charge in [0, 0.05) is 38.1 Å². The van der Waals surface area contributed by atoms with E-state index in [1.807, 2.05) is 18.2 Å². The van der Waals surface area contributed by atoms with Gasteiger partial charge in [0.1, 0.15) is 5.82 Å². The van der Waals surface area contributed by atoms with E-state index in [0.717, 1.165) is 50.2 Å². The van der Waals surface area contributed by atoms with Crippen molar-refractivity contribution in [2.75, 3.05) is 49.5 Å². The summed E-state index contributed by atoms with van der Waals surface area (Å²) in [4.78, 5) is 25.4. The summed E-state index contributed by atoms with van der Waals surface area (Å²) < 4.78 is 5.00. The van der Waals surface area contributed by atoms with Crippen LogP contribution in [-0.4, -0.2) is 60.2 Å². The third-order valence-electron chi connectivity index (χ3n) is 4.41. The Hall–Kier alpha value is -2.67. The van der Waals surface area contributed by atoms with Gasteiger partial charge < -0.3 is 19.9 Å². The first-order chi connectivity index (χ1) is 12.7. The predicted octanol–water partition coefficient (Wildman–Crippen LogP) is 2.54. The van der Waals surface area contributed by atoms with E-state index in [1.54, 1.807) is 25.3 Å². The van der Waals surface area contributed by atoms with Gasteiger partial charge in [-0.2, -0.15) is 4.98 Å². The van der Waals surface area contributed by atoms with Gasteiger partial charge in [-0.25, -0.2) is 9.78 Å². The fourth-order valence-electron chi connectivity index (χ4n) is 2.89. The first-order valence-electron chi connectivity index (χ1n) is 9.04. The normalized spacial score (nSPS) is 14.9. The van der Waals surface area contributed by atoms with Crippen molar-refractivity contribution < 1.29 is 9.53 Å². The van der Waals surface area contributed by atoms with Crippen molar-refractivity contribution in [1.29, 1.82) is 0 Å². The molecule has 2 heterocycles. The van der Waals surface area contributed by atoms with Crippen molar-refractivity contribution in [3.05, 3.63) is 42.1 Å². The Balaban J connectivity index is 1.64. The van der Waals surface area contributed by atoms with Gasteiger partial charge in [0.2, 0.25) is 5.95 Å². The molecule has 7 nitrogen and oxygen atoms in total. The number of nitrogens with zero attached hydrogens (tertiary/aromatic N) is 4. The predicted molar refractivity (Wildman–Crippen MR) is 102 cm³/mol. The summed E-state index contributed by atoms with van der Waals surface area (Å²) in [5, 5.41) is 3.26. The van der Waals surface area contributed by atoms with Gasteiger partial charge in [-0.1, -0.05) is 6.92 Å². The van der Waals surface area contributed by atoms with Gasteiger partial charge in [0.05, 0.1) is 12.2 Å². The lowest BCUT2D eigenvalue weighted by molar-refractivity contribution is 0.0526. The maximum absolute atomic E-state index is 11.7. The van der Waals surface area contributed by atoms with E-state index >= 15 is 0 Å². The van der Waals surface area contributed by atoms with E-state index in [2.05, 4.69) is 32.0 Å². The van der Waals surface area contributed by atoms with Gasteiger partial charge in [-0.3, -0.25) is 0 Å². The maximum atomic E-state index is 11.7. The van der Waals surface area contributed by atoms with Crippen molar-refractivity contribution in [3.63, 3.8) is 0 Å². The zero-order valence-electron chi connectivity index (χ0n) is 15.3. The van der Waals surface area contributed by atoms with E-state index in [1.165, 1.54) is 0 Å². The standard InChI is InChI=1S/C19H25N5O2/c1-3-23-11-13-24(14-12-23)19-20-10-9-17(22-19)21-16-7-5-15(6-8-16)18(25)26-4-2/h5-10H,3-4,11-14H2,1-2H3,(H,20,21,22). The van der Waals surface area contributed by atoms with Crippen LogP contribution >= 0.6 is 0 Å². The Kier molecular flexibility index (Phi) is 6.01. The minimum absolute atomic E-state index is 0.311. The average molecular weight is 355 g/mol. The summed E-state index contributed by atoms with van der Waals surface area (Å²) in [5.74, 6) is 1.17. The highest BCUT2D eigenvalue weighted by atomic mass is 16.5. The molecule has 0 atom stereocenters. The lowest BCUT2D eigenvalue weighted by atomic mass is 10.2. The van der Waals surface area contributed by atoms with Gasteiger partial charge in [-0.05, 0) is 43.8 Å². The molecule has 0 saturated carbocycles. The van der Waals surface area contributed by atoms with E-state index in [4.69, 9.17) is 4.74 Å². The minimum Gasteiger partial charge on any atom is -0.462 e. The first-order valence-corrected chi connectivity index (χ1v) is 9.04. The van der Waals surface area contributed by atoms with Gasteiger partial charge in [-0.15, -0.1) is 0 Å². The van der Waals surface area contributed by atoms with Gasteiger partial charge >= 0.3 is 5.97 Å². The molecule has 2 aromatic rings. The van der Waals surface area contributed by atoms with Crippen molar-refractivity contribution in [1.82, 2.24) is 14.9 Å². The maximum Gasteiger partial charge on any atom is 0.338 e. The van der Waals surface area contributed by atoms with Crippen LogP contribution in [0.5, 0.6) is 0 Å². The summed E-state index contributed by atoms with van der Waals surface area (Å²) >= 11 is 0. The number of piperazine rings is 1. The third kappa shape index (κ3) is 4.49. The van der Waals surface area contributed by atoms with Gasteiger partial charge in [0.25, 0.3) is 0 Å². The smallest absolute Gasteiger partial charge is 0.338 e. The molecular formula is C19H25N5O2. The summed E-state index contributed by atoms with van der Waals surface area (Å²) in [6.07, 6.45) is 1.77. The second kappa shape index (κ2) is 8.62. The summed E-state index contributed by atoms with van der Waals surface area (Å²) in [6, 6.07) is 9.01. The molecule has 1 aliphatic rings. The number of carbonyl (C=O) groups is 1. The minimum atomic E-state index is -0.311. The van der Waals surface area contributed by atoms with Crippen LogP contribution in [-0.2, 0) is 4.74 Å². The number of nitrogens with one attached hydrogen (secondary N) is 1. The van der Waals surface area contributed by atoms with Crippen molar-refractivity contribution in [2.45, 2.75) is 13.8 Å². The quantitative estimate of drug-likeness (QED) is 0.799. The molecule has 0 unspecified atom stereocenters. The monoisotopic (exact) mass is 355 g/mol. The number of carbonyl (C=O) groups excluding carboxylic acids is 1. The molecule has 138 valence electrons. The SMILES string of the molecule is CCOC(=O)c1ccc(Nc2ccnc(N3CCN(CC)CC3)n2)cc1. The molecule has 26 heavy (non-hydrogen) atoms. The Labute approximate surface area is 154 Å². The second-order valence-corrected chi connectivity index (χ2v) is 6.09. The number of hydrogen-bond donors (Lipinski definition) is 1. The topological polar surface area (TPSA) is 70.6 Å². The zero-order chi connectivity index (χ0) is 18.4. The van der Waals surface area contributed by atoms with Crippen LogP contribution in [0.2, 0.25) is 0 Å². The van der Waals surface area contributed by atoms with Crippen molar-refractivity contribution in [3.8, 4) is 0 Å². The molecule has 1 fully saturated rings. The largest absolute Gasteiger partial charge is 0.462 e. The summed E-state index contributed by atoms with van der Waals surface area (Å²) in [5.41, 5.74) is 1.40. The van der Waals surface area contributed by atoms with Crippen LogP contribution in [0, 0.1) is 0 Å². The molecule has 0 bridgehead atoms. The average Bonchev–Trinajstić information content (AvgIpc) is 2.69. The van der Waals surface area contributed by atoms with Crippen LogP contribution in [0.25, 0.3) is 0 Å². The molecular weight excluding hydrogens is 330 g/mol. The highest BCUT2D eigenvalue weighted by Crippen LogP contribution is 2.18. The van der Waals surface area contributed by atoms with E-state index in [0.29, 0.717) is 12.2 Å². The van der Waals surface area contributed by atoms with Crippen LogP contribution in [0.1, 0.15) is 24.2 Å². The van der Waals surface area contributed by atoms with Crippen LogP contribution < -0.4 is 10.2 Å². The molecule has 0 amide bonds. The number of likely N-dealkylation sites (N-methyl/N-ethyl adjacent to an activating group) is 1. The van der Waals surface area contributed by atoms with Gasteiger partial charge in [0.15, 0.2) is 0 Å². The Morgan fingerprint density at radius 2 is 1.85 bits per heavy atom. The molecule has 1 aromatic carbocycles. The number of esters is 1. The number of aromatic nitrogens is 2. The molecule has 0 spiro atoms. The Bertz CT molecular complexity index is 727. The number of rotatable bonds is 6. The van der Waals surface area contributed by atoms with E-state index in [-0.39, 0.29) is 5.97 Å². The second-order valence-electron chi connectivity index (χ2n) is 6.09. The van der Waals surface area contributed by atoms with E-state index in [9.17, 15) is 4.79 Å². The number of hydrogen-bond acceptors (Lipinski definition) is 7. The molecule has 0 radical (unpaired) electrons. The number of benzene rings is 1. The number of ether oxygens (including phenoxy) is 1. The van der Waals surface area contributed by atoms with Crippen molar-refractivity contribution in [2.24, 2.45) is 0 Å². The van der Waals surface area contributed by atoms with E-state index < -0.39 is 0 Å². The molecule has 1 aliphatic heterocycles. The van der Waals surface area contributed by atoms with Crippen LogP contribution in [0.15, 0.2) is 36.5 Å². The molecule has 1 saturated heterocycles. The fourth-order valence-corrected chi connectivity index (χ4v) is 2.89.